The third-order valence-corrected chi connectivity index (χ3v) is 6.29. The van der Waals surface area contributed by atoms with E-state index in [0.29, 0.717) is 11.1 Å². The van der Waals surface area contributed by atoms with Gasteiger partial charge in [0.2, 0.25) is 5.82 Å². The summed E-state index contributed by atoms with van der Waals surface area (Å²) in [5, 5.41) is 7.61. The van der Waals surface area contributed by atoms with Gasteiger partial charge in [-0.25, -0.2) is 13.5 Å². The van der Waals surface area contributed by atoms with Crippen LogP contribution in [0.3, 0.4) is 0 Å². The standard InChI is InChI=1S/C20H18F5N5O3.C7H6F2/c21-16(22)18-27-17(29-33-18)13-9-12(11-5-2-1-3-6-11)19(31)30(28-13)10-14-15(7-4-8-26-14)32-20(23,24)25;1-5-2-6(8)4-7(9)3-5/h4,7-9,11,16H,1-3,5-6,10H2;2-4H,1H3. The van der Waals surface area contributed by atoms with Crippen LogP contribution in [0.5, 0.6) is 5.75 Å². The number of aryl methyl sites for hydroxylation is 1. The van der Waals surface area contributed by atoms with Gasteiger partial charge in [-0.3, -0.25) is 9.78 Å². The van der Waals surface area contributed by atoms with E-state index in [2.05, 4.69) is 29.5 Å². The monoisotopic (exact) mass is 599 g/mol. The Kier molecular flexibility index (Phi) is 9.58. The molecule has 1 aliphatic carbocycles. The summed E-state index contributed by atoms with van der Waals surface area (Å²) in [7, 11) is 0. The number of pyridine rings is 1. The van der Waals surface area contributed by atoms with Gasteiger partial charge in [-0.1, -0.05) is 24.4 Å². The van der Waals surface area contributed by atoms with E-state index in [9.17, 15) is 35.5 Å². The molecule has 8 nitrogen and oxygen atoms in total. The third-order valence-electron chi connectivity index (χ3n) is 6.29. The van der Waals surface area contributed by atoms with Crippen molar-refractivity contribution < 1.29 is 40.0 Å². The number of alkyl halides is 5. The maximum atomic E-state index is 13.2. The molecule has 1 aromatic carbocycles. The fourth-order valence-corrected chi connectivity index (χ4v) is 4.51. The van der Waals surface area contributed by atoms with E-state index in [4.69, 9.17) is 0 Å². The van der Waals surface area contributed by atoms with Crippen LogP contribution in [0, 0.1) is 18.6 Å². The SMILES string of the molecule is Cc1cc(F)cc(F)c1.O=c1c(C2CCCCC2)cc(-c2noc(C(F)F)n2)nn1Cc1ncccc1OC(F)(F)F. The lowest BCUT2D eigenvalue weighted by molar-refractivity contribution is -0.275. The second kappa shape index (κ2) is 13.1. The zero-order valence-electron chi connectivity index (χ0n) is 22.0. The number of hydrogen-bond acceptors (Lipinski definition) is 7. The maximum Gasteiger partial charge on any atom is 0.573 e. The van der Waals surface area contributed by atoms with Crippen LogP contribution < -0.4 is 10.3 Å². The van der Waals surface area contributed by atoms with Gasteiger partial charge in [0.15, 0.2) is 5.75 Å². The Morgan fingerprint density at radius 3 is 2.36 bits per heavy atom. The third kappa shape index (κ3) is 8.13. The first-order valence-electron chi connectivity index (χ1n) is 12.8. The number of nitrogens with zero attached hydrogens (tertiary/aromatic N) is 5. The molecule has 1 aliphatic rings. The van der Waals surface area contributed by atoms with Crippen molar-refractivity contribution in [3.8, 4) is 17.3 Å². The summed E-state index contributed by atoms with van der Waals surface area (Å²) in [4.78, 5) is 20.7. The zero-order chi connectivity index (χ0) is 30.4. The summed E-state index contributed by atoms with van der Waals surface area (Å²) < 4.78 is 97.9. The number of rotatable bonds is 6. The molecule has 42 heavy (non-hydrogen) atoms. The molecule has 0 aliphatic heterocycles. The number of aromatic nitrogens is 5. The topological polar surface area (TPSA) is 95.9 Å². The molecule has 0 atom stereocenters. The van der Waals surface area contributed by atoms with Crippen LogP contribution in [-0.4, -0.2) is 31.3 Å². The lowest BCUT2D eigenvalue weighted by Crippen LogP contribution is -2.30. The summed E-state index contributed by atoms with van der Waals surface area (Å²) in [6.07, 6.45) is -2.39. The van der Waals surface area contributed by atoms with Crippen molar-refractivity contribution in [2.75, 3.05) is 0 Å². The van der Waals surface area contributed by atoms with Crippen LogP contribution in [0.1, 0.15) is 67.2 Å². The summed E-state index contributed by atoms with van der Waals surface area (Å²) in [5.74, 6) is -2.91. The van der Waals surface area contributed by atoms with Crippen molar-refractivity contribution in [2.45, 2.75) is 64.3 Å². The highest BCUT2D eigenvalue weighted by molar-refractivity contribution is 5.49. The van der Waals surface area contributed by atoms with Gasteiger partial charge in [0.05, 0.1) is 6.54 Å². The molecule has 0 amide bonds. The lowest BCUT2D eigenvalue weighted by atomic mass is 9.84. The van der Waals surface area contributed by atoms with Crippen molar-refractivity contribution in [3.63, 3.8) is 0 Å². The van der Waals surface area contributed by atoms with E-state index >= 15 is 0 Å². The van der Waals surface area contributed by atoms with Crippen LogP contribution in [0.15, 0.2) is 51.9 Å². The fourth-order valence-electron chi connectivity index (χ4n) is 4.51. The molecule has 0 unspecified atom stereocenters. The van der Waals surface area contributed by atoms with Crippen molar-refractivity contribution >= 4 is 0 Å². The molecule has 3 heterocycles. The van der Waals surface area contributed by atoms with E-state index in [1.165, 1.54) is 30.5 Å². The van der Waals surface area contributed by atoms with E-state index in [0.717, 1.165) is 48.9 Å². The summed E-state index contributed by atoms with van der Waals surface area (Å²) in [5.41, 5.74) is 0.245. The Morgan fingerprint density at radius 2 is 1.76 bits per heavy atom. The Balaban J connectivity index is 0.000000385. The molecular formula is C27H24F7N5O3. The maximum absolute atomic E-state index is 13.2. The Bertz CT molecular complexity index is 1520. The summed E-state index contributed by atoms with van der Waals surface area (Å²) in [6.45, 7) is 1.20. The van der Waals surface area contributed by atoms with Gasteiger partial charge >= 0.3 is 12.8 Å². The smallest absolute Gasteiger partial charge is 0.404 e. The first-order chi connectivity index (χ1) is 19.9. The van der Waals surface area contributed by atoms with E-state index < -0.39 is 48.2 Å². The number of ether oxygens (including phenoxy) is 1. The van der Waals surface area contributed by atoms with Gasteiger partial charge in [0.25, 0.3) is 11.4 Å². The molecule has 1 fully saturated rings. The molecule has 4 aromatic rings. The van der Waals surface area contributed by atoms with Crippen molar-refractivity contribution in [2.24, 2.45) is 0 Å². The average Bonchev–Trinajstić information content (AvgIpc) is 3.41. The highest BCUT2D eigenvalue weighted by Gasteiger charge is 2.32. The van der Waals surface area contributed by atoms with Gasteiger partial charge in [-0.15, -0.1) is 13.2 Å². The Morgan fingerprint density at radius 1 is 1.07 bits per heavy atom. The molecule has 0 bridgehead atoms. The van der Waals surface area contributed by atoms with E-state index in [1.54, 1.807) is 6.92 Å². The van der Waals surface area contributed by atoms with E-state index in [-0.39, 0.29) is 23.1 Å². The first kappa shape index (κ1) is 30.7. The average molecular weight is 600 g/mol. The zero-order valence-corrected chi connectivity index (χ0v) is 22.0. The normalized spacial score (nSPS) is 14.0. The molecule has 3 aromatic heterocycles. The molecule has 0 N–H and O–H groups in total. The van der Waals surface area contributed by atoms with Gasteiger partial charge in [0.1, 0.15) is 23.0 Å². The lowest BCUT2D eigenvalue weighted by Gasteiger charge is -2.22. The van der Waals surface area contributed by atoms with Crippen LogP contribution in [0.2, 0.25) is 0 Å². The quantitative estimate of drug-likeness (QED) is 0.223. The second-order valence-corrected chi connectivity index (χ2v) is 9.48. The number of halogens is 7. The molecule has 15 heteroatoms. The van der Waals surface area contributed by atoms with Crippen LogP contribution in [0.25, 0.3) is 11.5 Å². The fraction of sp³-hybridized carbons (Fsp3) is 0.370. The molecule has 0 saturated heterocycles. The minimum Gasteiger partial charge on any atom is -0.404 e. The predicted molar refractivity (Wildman–Crippen MR) is 134 cm³/mol. The predicted octanol–water partition coefficient (Wildman–Crippen LogP) is 6.89. The summed E-state index contributed by atoms with van der Waals surface area (Å²) >= 11 is 0. The number of benzene rings is 1. The van der Waals surface area contributed by atoms with Gasteiger partial charge in [-0.2, -0.15) is 18.9 Å². The molecule has 5 rings (SSSR count). The Hall–Kier alpha value is -4.30. The molecule has 0 radical (unpaired) electrons. The highest BCUT2D eigenvalue weighted by Crippen LogP contribution is 2.32. The van der Waals surface area contributed by atoms with Gasteiger partial charge in [-0.05, 0) is 61.6 Å². The van der Waals surface area contributed by atoms with Crippen LogP contribution >= 0.6 is 0 Å². The van der Waals surface area contributed by atoms with Crippen molar-refractivity contribution in [1.29, 1.82) is 0 Å². The van der Waals surface area contributed by atoms with Crippen molar-refractivity contribution in [1.82, 2.24) is 24.9 Å². The van der Waals surface area contributed by atoms with Crippen LogP contribution in [0.4, 0.5) is 30.7 Å². The molecular weight excluding hydrogens is 575 g/mol. The van der Waals surface area contributed by atoms with E-state index in [1.807, 2.05) is 0 Å². The minimum absolute atomic E-state index is 0.0138. The molecule has 0 spiro atoms. The second-order valence-electron chi connectivity index (χ2n) is 9.48. The molecule has 1 saturated carbocycles. The molecule has 224 valence electrons. The first-order valence-corrected chi connectivity index (χ1v) is 12.8. The van der Waals surface area contributed by atoms with Gasteiger partial charge < -0.3 is 9.26 Å². The minimum atomic E-state index is -4.96. The largest absolute Gasteiger partial charge is 0.573 e. The highest BCUT2D eigenvalue weighted by atomic mass is 19.4. The summed E-state index contributed by atoms with van der Waals surface area (Å²) in [6, 6.07) is 7.18. The van der Waals surface area contributed by atoms with Crippen molar-refractivity contribution in [3.05, 3.63) is 87.3 Å². The van der Waals surface area contributed by atoms with Crippen LogP contribution in [-0.2, 0) is 6.54 Å². The number of hydrogen-bond donors (Lipinski definition) is 0. The van der Waals surface area contributed by atoms with Gasteiger partial charge in [0, 0.05) is 17.8 Å². The Labute approximate surface area is 234 Å².